The lowest BCUT2D eigenvalue weighted by Gasteiger charge is -2.45. The fourth-order valence-electron chi connectivity index (χ4n) is 4.72. The number of amides is 1. The van der Waals surface area contributed by atoms with Crippen molar-refractivity contribution in [2.75, 3.05) is 14.1 Å². The summed E-state index contributed by atoms with van der Waals surface area (Å²) in [7, 11) is 4.28. The Balaban J connectivity index is 1.51. The summed E-state index contributed by atoms with van der Waals surface area (Å²) in [5.74, 6) is 0.339. The molecule has 1 N–H and O–H groups in total. The molecular formula is C25H28ClN3O2. The van der Waals surface area contributed by atoms with Gasteiger partial charge in [0.05, 0.1) is 5.02 Å². The van der Waals surface area contributed by atoms with Crippen LogP contribution in [-0.4, -0.2) is 36.1 Å². The number of carbonyl (C=O) groups excluding carboxylic acids is 1. The Morgan fingerprint density at radius 1 is 1.10 bits per heavy atom. The van der Waals surface area contributed by atoms with Gasteiger partial charge in [-0.05, 0) is 58.3 Å². The van der Waals surface area contributed by atoms with E-state index in [-0.39, 0.29) is 17.5 Å². The van der Waals surface area contributed by atoms with Crippen molar-refractivity contribution >= 4 is 17.5 Å². The van der Waals surface area contributed by atoms with Crippen molar-refractivity contribution in [3.05, 3.63) is 76.5 Å². The van der Waals surface area contributed by atoms with E-state index in [0.29, 0.717) is 27.6 Å². The van der Waals surface area contributed by atoms with Crippen molar-refractivity contribution in [1.82, 2.24) is 15.4 Å². The number of hydrogen-bond acceptors (Lipinski definition) is 4. The number of nitrogens with one attached hydrogen (secondary N) is 1. The van der Waals surface area contributed by atoms with Gasteiger partial charge in [0.1, 0.15) is 17.0 Å². The minimum atomic E-state index is -0.157. The third kappa shape index (κ3) is 4.12. The van der Waals surface area contributed by atoms with E-state index in [9.17, 15) is 4.79 Å². The van der Waals surface area contributed by atoms with Crippen molar-refractivity contribution < 1.29 is 9.32 Å². The van der Waals surface area contributed by atoms with Crippen molar-refractivity contribution in [3.8, 4) is 11.3 Å². The SMILES string of the molecule is Cc1onc(-c2ccccc2Cl)c1C(=O)NC1CCC(c2ccccc2)(N(C)C)CC1. The largest absolute Gasteiger partial charge is 0.360 e. The van der Waals surface area contributed by atoms with Gasteiger partial charge < -0.3 is 9.84 Å². The van der Waals surface area contributed by atoms with E-state index in [2.05, 4.69) is 59.8 Å². The molecule has 1 heterocycles. The Bertz CT molecular complexity index is 1050. The van der Waals surface area contributed by atoms with Crippen LogP contribution in [0.4, 0.5) is 0 Å². The van der Waals surface area contributed by atoms with Gasteiger partial charge in [-0.2, -0.15) is 0 Å². The van der Waals surface area contributed by atoms with Crippen LogP contribution in [0.15, 0.2) is 59.1 Å². The Labute approximate surface area is 188 Å². The molecule has 1 amide bonds. The molecule has 1 aliphatic carbocycles. The number of hydrogen-bond donors (Lipinski definition) is 1. The van der Waals surface area contributed by atoms with Crippen LogP contribution >= 0.6 is 11.6 Å². The Kier molecular flexibility index (Phi) is 6.17. The maximum Gasteiger partial charge on any atom is 0.257 e. The zero-order valence-corrected chi connectivity index (χ0v) is 18.9. The molecule has 0 saturated heterocycles. The lowest BCUT2D eigenvalue weighted by molar-refractivity contribution is 0.0758. The summed E-state index contributed by atoms with van der Waals surface area (Å²) in [6.07, 6.45) is 3.78. The van der Waals surface area contributed by atoms with Crippen LogP contribution in [0.5, 0.6) is 0 Å². The maximum atomic E-state index is 13.2. The van der Waals surface area contributed by atoms with Crippen molar-refractivity contribution in [3.63, 3.8) is 0 Å². The molecule has 0 radical (unpaired) electrons. The number of carbonyl (C=O) groups is 1. The highest BCUT2D eigenvalue weighted by atomic mass is 35.5. The number of benzene rings is 2. The number of halogens is 1. The monoisotopic (exact) mass is 437 g/mol. The molecular weight excluding hydrogens is 410 g/mol. The molecule has 1 aromatic heterocycles. The average Bonchev–Trinajstić information content (AvgIpc) is 3.16. The smallest absolute Gasteiger partial charge is 0.257 e. The van der Waals surface area contributed by atoms with Gasteiger partial charge in [-0.3, -0.25) is 9.69 Å². The van der Waals surface area contributed by atoms with Crippen LogP contribution in [-0.2, 0) is 5.54 Å². The van der Waals surface area contributed by atoms with Crippen LogP contribution in [0.25, 0.3) is 11.3 Å². The van der Waals surface area contributed by atoms with Crippen LogP contribution in [0.3, 0.4) is 0 Å². The van der Waals surface area contributed by atoms with Crippen molar-refractivity contribution in [2.24, 2.45) is 0 Å². The Morgan fingerprint density at radius 2 is 1.74 bits per heavy atom. The molecule has 4 rings (SSSR count). The molecule has 1 saturated carbocycles. The molecule has 0 aliphatic heterocycles. The van der Waals surface area contributed by atoms with Crippen molar-refractivity contribution in [1.29, 1.82) is 0 Å². The van der Waals surface area contributed by atoms with Crippen LogP contribution < -0.4 is 5.32 Å². The fraction of sp³-hybridized carbons (Fsp3) is 0.360. The Hall–Kier alpha value is -2.63. The zero-order valence-electron chi connectivity index (χ0n) is 18.2. The van der Waals surface area contributed by atoms with Gasteiger partial charge in [0, 0.05) is 17.1 Å². The topological polar surface area (TPSA) is 58.4 Å². The zero-order chi connectivity index (χ0) is 22.0. The summed E-state index contributed by atoms with van der Waals surface area (Å²) in [5, 5.41) is 7.88. The van der Waals surface area contributed by atoms with Crippen LogP contribution in [0.2, 0.25) is 5.02 Å². The summed E-state index contributed by atoms with van der Waals surface area (Å²) < 4.78 is 5.36. The van der Waals surface area contributed by atoms with Gasteiger partial charge in [0.25, 0.3) is 5.91 Å². The third-order valence-electron chi connectivity index (χ3n) is 6.53. The lowest BCUT2D eigenvalue weighted by Crippen LogP contribution is -2.48. The molecule has 0 unspecified atom stereocenters. The lowest BCUT2D eigenvalue weighted by atomic mass is 9.74. The predicted octanol–water partition coefficient (Wildman–Crippen LogP) is 5.43. The standard InChI is InChI=1S/C25H28ClN3O2/c1-17-22(23(28-31-17)20-11-7-8-12-21(20)26)24(30)27-19-13-15-25(16-14-19,29(2)3)18-9-5-4-6-10-18/h4-12,19H,13-16H2,1-3H3,(H,27,30). The molecule has 0 spiro atoms. The number of aryl methyl sites for hydroxylation is 1. The van der Waals surface area contributed by atoms with E-state index < -0.39 is 0 Å². The molecule has 31 heavy (non-hydrogen) atoms. The minimum absolute atomic E-state index is 0.00166. The third-order valence-corrected chi connectivity index (χ3v) is 6.86. The molecule has 5 nitrogen and oxygen atoms in total. The molecule has 0 atom stereocenters. The molecule has 1 aliphatic rings. The number of nitrogens with zero attached hydrogens (tertiary/aromatic N) is 2. The molecule has 2 aromatic carbocycles. The molecule has 162 valence electrons. The maximum absolute atomic E-state index is 13.2. The second kappa shape index (κ2) is 8.85. The highest BCUT2D eigenvalue weighted by molar-refractivity contribution is 6.33. The van der Waals surface area contributed by atoms with Crippen molar-refractivity contribution in [2.45, 2.75) is 44.2 Å². The highest BCUT2D eigenvalue weighted by Crippen LogP contribution is 2.41. The van der Waals surface area contributed by atoms with E-state index in [4.69, 9.17) is 16.1 Å². The second-order valence-electron chi connectivity index (χ2n) is 8.48. The first-order chi connectivity index (χ1) is 14.9. The van der Waals surface area contributed by atoms with Gasteiger partial charge >= 0.3 is 0 Å². The molecule has 6 heteroatoms. The average molecular weight is 438 g/mol. The van der Waals surface area contributed by atoms with Crippen LogP contribution in [0, 0.1) is 6.92 Å². The van der Waals surface area contributed by atoms with E-state index in [1.807, 2.05) is 18.2 Å². The van der Waals surface area contributed by atoms with E-state index >= 15 is 0 Å². The van der Waals surface area contributed by atoms with Gasteiger partial charge in [-0.15, -0.1) is 0 Å². The summed E-state index contributed by atoms with van der Waals surface area (Å²) in [5.41, 5.74) is 2.98. The predicted molar refractivity (Wildman–Crippen MR) is 123 cm³/mol. The number of aromatic nitrogens is 1. The van der Waals surface area contributed by atoms with E-state index in [1.165, 1.54) is 5.56 Å². The van der Waals surface area contributed by atoms with Gasteiger partial charge in [0.2, 0.25) is 0 Å². The first-order valence-corrected chi connectivity index (χ1v) is 11.0. The van der Waals surface area contributed by atoms with Gasteiger partial charge in [-0.1, -0.05) is 65.3 Å². The fourth-order valence-corrected chi connectivity index (χ4v) is 4.94. The quantitative estimate of drug-likeness (QED) is 0.578. The van der Waals surface area contributed by atoms with Gasteiger partial charge in [0.15, 0.2) is 0 Å². The van der Waals surface area contributed by atoms with Crippen LogP contribution in [0.1, 0.15) is 47.4 Å². The minimum Gasteiger partial charge on any atom is -0.360 e. The summed E-state index contributed by atoms with van der Waals surface area (Å²) in [6.45, 7) is 1.76. The van der Waals surface area contributed by atoms with E-state index in [1.54, 1.807) is 13.0 Å². The first kappa shape index (κ1) is 21.6. The summed E-state index contributed by atoms with van der Waals surface area (Å²) >= 11 is 6.34. The molecule has 0 bridgehead atoms. The highest BCUT2D eigenvalue weighted by Gasteiger charge is 2.39. The molecule has 1 fully saturated rings. The van der Waals surface area contributed by atoms with E-state index in [0.717, 1.165) is 25.7 Å². The van der Waals surface area contributed by atoms with Gasteiger partial charge in [-0.25, -0.2) is 0 Å². The number of rotatable bonds is 5. The summed E-state index contributed by atoms with van der Waals surface area (Å²) in [4.78, 5) is 15.5. The summed E-state index contributed by atoms with van der Waals surface area (Å²) in [6, 6.07) is 18.1. The normalized spacial score (nSPS) is 21.3. The second-order valence-corrected chi connectivity index (χ2v) is 8.89. The molecule has 3 aromatic rings. The first-order valence-electron chi connectivity index (χ1n) is 10.7. The Morgan fingerprint density at radius 3 is 2.39 bits per heavy atom.